The van der Waals surface area contributed by atoms with E-state index in [0.29, 0.717) is 0 Å². The first-order chi connectivity index (χ1) is 4.84. The Morgan fingerprint density at radius 3 is 3.00 bits per heavy atom. The van der Waals surface area contributed by atoms with Crippen LogP contribution in [0.2, 0.25) is 0 Å². The number of aromatic nitrogens is 2. The van der Waals surface area contributed by atoms with E-state index in [1.807, 2.05) is 17.8 Å². The molecule has 1 heterocycles. The molecule has 1 rings (SSSR count). The molecule has 0 bridgehead atoms. The predicted octanol–water partition coefficient (Wildman–Crippen LogP) is 0.632. The molecular formula is C7H8N2O. The Balaban J connectivity index is 2.83. The third-order valence-electron chi connectivity index (χ3n) is 1.18. The van der Waals surface area contributed by atoms with Crippen molar-refractivity contribution in [3.63, 3.8) is 0 Å². The Kier molecular flexibility index (Phi) is 1.99. The van der Waals surface area contributed by atoms with E-state index in [1.54, 1.807) is 12.3 Å². The highest BCUT2D eigenvalue weighted by Gasteiger charge is 1.89. The first-order valence-electron chi connectivity index (χ1n) is 2.94. The minimum absolute atomic E-state index is 0.731. The molecule has 1 aromatic rings. The molecule has 0 spiro atoms. The summed E-state index contributed by atoms with van der Waals surface area (Å²) in [6.45, 7) is 0. The van der Waals surface area contributed by atoms with Crippen molar-refractivity contribution < 1.29 is 4.79 Å². The van der Waals surface area contributed by atoms with E-state index >= 15 is 0 Å². The van der Waals surface area contributed by atoms with E-state index < -0.39 is 0 Å². The molecule has 3 nitrogen and oxygen atoms in total. The molecule has 1 aromatic heterocycles. The van der Waals surface area contributed by atoms with Gasteiger partial charge in [-0.2, -0.15) is 0 Å². The maximum absolute atomic E-state index is 9.89. The van der Waals surface area contributed by atoms with Gasteiger partial charge in [-0.1, -0.05) is 0 Å². The summed E-state index contributed by atoms with van der Waals surface area (Å²) in [6.07, 6.45) is 7.32. The lowest BCUT2D eigenvalue weighted by atomic mass is 10.5. The van der Waals surface area contributed by atoms with E-state index in [-0.39, 0.29) is 0 Å². The van der Waals surface area contributed by atoms with Gasteiger partial charge in [0.25, 0.3) is 0 Å². The molecule has 0 saturated heterocycles. The minimum atomic E-state index is 0.731. The van der Waals surface area contributed by atoms with Crippen LogP contribution < -0.4 is 0 Å². The first-order valence-corrected chi connectivity index (χ1v) is 2.94. The summed E-state index contributed by atoms with van der Waals surface area (Å²) < 4.78 is 1.83. The van der Waals surface area contributed by atoms with Crippen LogP contribution >= 0.6 is 0 Å². The van der Waals surface area contributed by atoms with Gasteiger partial charge < -0.3 is 4.57 Å². The molecule has 0 saturated carbocycles. The number of allylic oxidation sites excluding steroid dienone is 1. The third-order valence-corrected chi connectivity index (χ3v) is 1.18. The molecule has 0 atom stereocenters. The van der Waals surface area contributed by atoms with Crippen LogP contribution in [-0.2, 0) is 11.8 Å². The van der Waals surface area contributed by atoms with Gasteiger partial charge in [-0.25, -0.2) is 4.98 Å². The molecular weight excluding hydrogens is 128 g/mol. The fourth-order valence-corrected chi connectivity index (χ4v) is 0.663. The van der Waals surface area contributed by atoms with Crippen LogP contribution in [0.4, 0.5) is 0 Å². The normalized spacial score (nSPS) is 10.5. The Hall–Kier alpha value is -1.38. The molecule has 52 valence electrons. The van der Waals surface area contributed by atoms with Gasteiger partial charge >= 0.3 is 0 Å². The summed E-state index contributed by atoms with van der Waals surface area (Å²) in [5, 5.41) is 0. The lowest BCUT2D eigenvalue weighted by Gasteiger charge is -1.90. The van der Waals surface area contributed by atoms with E-state index in [2.05, 4.69) is 4.98 Å². The van der Waals surface area contributed by atoms with Crippen molar-refractivity contribution in [3.05, 3.63) is 24.3 Å². The highest BCUT2D eigenvalue weighted by atomic mass is 16.1. The number of carbonyl (C=O) groups excluding carboxylic acids is 1. The molecule has 0 aromatic carbocycles. The summed E-state index contributed by atoms with van der Waals surface area (Å²) in [5.74, 6) is 0.784. The second-order valence-corrected chi connectivity index (χ2v) is 1.89. The number of hydrogen-bond donors (Lipinski definition) is 0. The molecule has 0 N–H and O–H groups in total. The average Bonchev–Trinajstić information content (AvgIpc) is 2.31. The molecule has 0 fully saturated rings. The summed E-state index contributed by atoms with van der Waals surface area (Å²) in [5.41, 5.74) is 0. The van der Waals surface area contributed by atoms with Crippen molar-refractivity contribution in [1.82, 2.24) is 9.55 Å². The van der Waals surface area contributed by atoms with Gasteiger partial charge in [-0.3, -0.25) is 4.79 Å². The van der Waals surface area contributed by atoms with Crippen molar-refractivity contribution in [2.75, 3.05) is 0 Å². The Morgan fingerprint density at radius 2 is 2.50 bits per heavy atom. The van der Waals surface area contributed by atoms with Gasteiger partial charge in [0.05, 0.1) is 0 Å². The first kappa shape index (κ1) is 6.74. The molecule has 0 radical (unpaired) electrons. The number of aryl methyl sites for hydroxylation is 1. The van der Waals surface area contributed by atoms with Crippen LogP contribution in [0.1, 0.15) is 5.82 Å². The largest absolute Gasteiger partial charge is 0.335 e. The summed E-state index contributed by atoms with van der Waals surface area (Å²) in [4.78, 5) is 13.9. The molecule has 0 aliphatic heterocycles. The van der Waals surface area contributed by atoms with Crippen LogP contribution in [0.25, 0.3) is 6.08 Å². The zero-order valence-corrected chi connectivity index (χ0v) is 5.69. The van der Waals surface area contributed by atoms with Gasteiger partial charge in [0.15, 0.2) is 0 Å². The Labute approximate surface area is 59.0 Å². The average molecular weight is 136 g/mol. The second kappa shape index (κ2) is 2.96. The van der Waals surface area contributed by atoms with Crippen LogP contribution in [0.3, 0.4) is 0 Å². The lowest BCUT2D eigenvalue weighted by molar-refractivity contribution is -0.104. The number of rotatable bonds is 2. The lowest BCUT2D eigenvalue weighted by Crippen LogP contribution is -1.88. The van der Waals surface area contributed by atoms with Gasteiger partial charge in [0, 0.05) is 19.4 Å². The SMILES string of the molecule is Cn1ccnc1/C=C/C=O. The van der Waals surface area contributed by atoms with Gasteiger partial charge in [-0.05, 0) is 12.2 Å². The van der Waals surface area contributed by atoms with Crippen LogP contribution in [0, 0.1) is 0 Å². The van der Waals surface area contributed by atoms with Crippen molar-refractivity contribution in [2.24, 2.45) is 7.05 Å². The minimum Gasteiger partial charge on any atom is -0.335 e. The van der Waals surface area contributed by atoms with Crippen LogP contribution in [-0.4, -0.2) is 15.8 Å². The maximum atomic E-state index is 9.89. The highest BCUT2D eigenvalue weighted by Crippen LogP contribution is 1.94. The summed E-state index contributed by atoms with van der Waals surface area (Å²) >= 11 is 0. The topological polar surface area (TPSA) is 34.9 Å². The molecule has 10 heavy (non-hydrogen) atoms. The Bertz CT molecular complexity index is 250. The maximum Gasteiger partial charge on any atom is 0.142 e. The van der Waals surface area contributed by atoms with E-state index in [0.717, 1.165) is 12.1 Å². The zero-order valence-electron chi connectivity index (χ0n) is 5.69. The number of imidazole rings is 1. The molecule has 0 aliphatic carbocycles. The molecule has 3 heteroatoms. The van der Waals surface area contributed by atoms with Crippen molar-refractivity contribution in [1.29, 1.82) is 0 Å². The standard InChI is InChI=1S/C7H8N2O/c1-9-5-4-8-7(9)3-2-6-10/h2-6H,1H3/b3-2+. The fraction of sp³-hybridized carbons (Fsp3) is 0.143. The van der Waals surface area contributed by atoms with Crippen molar-refractivity contribution in [2.45, 2.75) is 0 Å². The quantitative estimate of drug-likeness (QED) is 0.441. The molecule has 0 amide bonds. The van der Waals surface area contributed by atoms with Gasteiger partial charge in [-0.15, -0.1) is 0 Å². The number of nitrogens with zero attached hydrogens (tertiary/aromatic N) is 2. The van der Waals surface area contributed by atoms with Crippen molar-refractivity contribution in [3.8, 4) is 0 Å². The highest BCUT2D eigenvalue weighted by molar-refractivity contribution is 5.72. The third kappa shape index (κ3) is 1.31. The second-order valence-electron chi connectivity index (χ2n) is 1.89. The monoisotopic (exact) mass is 136 g/mol. The zero-order chi connectivity index (χ0) is 7.40. The number of carbonyl (C=O) groups is 1. The van der Waals surface area contributed by atoms with Crippen LogP contribution in [0.15, 0.2) is 18.5 Å². The summed E-state index contributed by atoms with van der Waals surface area (Å²) in [6, 6.07) is 0. The van der Waals surface area contributed by atoms with E-state index in [9.17, 15) is 4.79 Å². The van der Waals surface area contributed by atoms with E-state index in [4.69, 9.17) is 0 Å². The van der Waals surface area contributed by atoms with Crippen LogP contribution in [0.5, 0.6) is 0 Å². The number of hydrogen-bond acceptors (Lipinski definition) is 2. The fourth-order valence-electron chi connectivity index (χ4n) is 0.663. The molecule has 0 unspecified atom stereocenters. The van der Waals surface area contributed by atoms with Crippen molar-refractivity contribution >= 4 is 12.4 Å². The smallest absolute Gasteiger partial charge is 0.142 e. The van der Waals surface area contributed by atoms with Gasteiger partial charge in [0.1, 0.15) is 12.1 Å². The molecule has 0 aliphatic rings. The van der Waals surface area contributed by atoms with Gasteiger partial charge in [0.2, 0.25) is 0 Å². The number of aldehydes is 1. The Morgan fingerprint density at radius 1 is 1.70 bits per heavy atom. The summed E-state index contributed by atoms with van der Waals surface area (Å²) in [7, 11) is 1.87. The van der Waals surface area contributed by atoms with E-state index in [1.165, 1.54) is 6.08 Å². The predicted molar refractivity (Wildman–Crippen MR) is 38.3 cm³/mol.